The van der Waals surface area contributed by atoms with E-state index in [2.05, 4.69) is 16.4 Å². The summed E-state index contributed by atoms with van der Waals surface area (Å²) in [5.74, 6) is 0.386. The topological polar surface area (TPSA) is 68.3 Å². The molecule has 1 unspecified atom stereocenters. The summed E-state index contributed by atoms with van der Waals surface area (Å²) in [5.41, 5.74) is 9.49. The van der Waals surface area contributed by atoms with Crippen molar-refractivity contribution in [2.75, 3.05) is 19.6 Å². The molecule has 0 bridgehead atoms. The smallest absolute Gasteiger partial charge is 0.217 e. The van der Waals surface area contributed by atoms with E-state index >= 15 is 0 Å². The molecule has 5 nitrogen and oxygen atoms in total. The average Bonchev–Trinajstić information content (AvgIpc) is 3.00. The Morgan fingerprint density at radius 2 is 1.93 bits per heavy atom. The van der Waals surface area contributed by atoms with E-state index in [4.69, 9.17) is 17.3 Å². The lowest BCUT2D eigenvalue weighted by atomic mass is 9.93. The number of nitrogens with zero attached hydrogens (tertiary/aromatic N) is 2. The van der Waals surface area contributed by atoms with Gasteiger partial charge in [0.1, 0.15) is 0 Å². The zero-order valence-corrected chi connectivity index (χ0v) is 18.8. The van der Waals surface area contributed by atoms with Gasteiger partial charge in [-0.05, 0) is 75.8 Å². The Labute approximate surface area is 184 Å². The molecule has 1 aliphatic rings. The Bertz CT molecular complexity index is 889. The lowest BCUT2D eigenvalue weighted by molar-refractivity contribution is -0.118. The molecule has 1 aliphatic heterocycles. The van der Waals surface area contributed by atoms with Crippen LogP contribution in [0.4, 0.5) is 0 Å². The molecule has 0 saturated carbocycles. The van der Waals surface area contributed by atoms with Gasteiger partial charge in [0.2, 0.25) is 5.91 Å². The molecule has 2 heterocycles. The van der Waals surface area contributed by atoms with Crippen LogP contribution in [0.25, 0.3) is 0 Å². The highest BCUT2D eigenvalue weighted by Gasteiger charge is 2.24. The van der Waals surface area contributed by atoms with Crippen molar-refractivity contribution in [1.82, 2.24) is 9.47 Å². The number of Topliss-reactive ketones (excluding diaryl/α,β-unsaturated/α-hetero) is 1. The first kappa shape index (κ1) is 22.6. The van der Waals surface area contributed by atoms with Crippen molar-refractivity contribution in [2.45, 2.75) is 52.5 Å². The SMILES string of the molecule is Cc1cc(C(=O)CN2CCCC(CCC(N)=O)C2)c(C)n1CCc1ccc(Cl)cc1. The zero-order valence-electron chi connectivity index (χ0n) is 18.0. The summed E-state index contributed by atoms with van der Waals surface area (Å²) in [6.45, 7) is 7.18. The van der Waals surface area contributed by atoms with E-state index in [-0.39, 0.29) is 11.7 Å². The third-order valence-electron chi connectivity index (χ3n) is 6.18. The van der Waals surface area contributed by atoms with Crippen LogP contribution in [-0.2, 0) is 17.8 Å². The van der Waals surface area contributed by atoms with Crippen molar-refractivity contribution in [3.63, 3.8) is 0 Å². The largest absolute Gasteiger partial charge is 0.370 e. The predicted octanol–water partition coefficient (Wildman–Crippen LogP) is 4.16. The number of aryl methyl sites for hydroxylation is 2. The van der Waals surface area contributed by atoms with Crippen LogP contribution in [0.5, 0.6) is 0 Å². The van der Waals surface area contributed by atoms with E-state index in [1.54, 1.807) is 0 Å². The molecule has 162 valence electrons. The van der Waals surface area contributed by atoms with Gasteiger partial charge in [-0.15, -0.1) is 0 Å². The van der Waals surface area contributed by atoms with Crippen molar-refractivity contribution in [3.8, 4) is 0 Å². The number of amides is 1. The number of ketones is 1. The van der Waals surface area contributed by atoms with Crippen LogP contribution in [0.15, 0.2) is 30.3 Å². The van der Waals surface area contributed by atoms with Gasteiger partial charge in [0.05, 0.1) is 6.54 Å². The van der Waals surface area contributed by atoms with Crippen molar-refractivity contribution < 1.29 is 9.59 Å². The number of nitrogens with two attached hydrogens (primary N) is 1. The molecule has 1 atom stereocenters. The minimum atomic E-state index is -0.241. The minimum absolute atomic E-state index is 0.177. The van der Waals surface area contributed by atoms with Gasteiger partial charge < -0.3 is 10.3 Å². The van der Waals surface area contributed by atoms with Crippen LogP contribution in [0.3, 0.4) is 0 Å². The summed E-state index contributed by atoms with van der Waals surface area (Å²) >= 11 is 5.97. The van der Waals surface area contributed by atoms with Crippen molar-refractivity contribution in [3.05, 3.63) is 57.9 Å². The highest BCUT2D eigenvalue weighted by atomic mass is 35.5. The molecule has 1 saturated heterocycles. The zero-order chi connectivity index (χ0) is 21.7. The average molecular weight is 430 g/mol. The fourth-order valence-corrected chi connectivity index (χ4v) is 4.61. The minimum Gasteiger partial charge on any atom is -0.370 e. The summed E-state index contributed by atoms with van der Waals surface area (Å²) in [5, 5.41) is 0.745. The number of primary amides is 1. The second-order valence-corrected chi connectivity index (χ2v) is 8.92. The molecule has 30 heavy (non-hydrogen) atoms. The molecule has 1 aromatic carbocycles. The Balaban J connectivity index is 1.60. The van der Waals surface area contributed by atoms with Gasteiger partial charge >= 0.3 is 0 Å². The first-order valence-electron chi connectivity index (χ1n) is 10.8. The second-order valence-electron chi connectivity index (χ2n) is 8.48. The molecule has 0 aliphatic carbocycles. The third-order valence-corrected chi connectivity index (χ3v) is 6.43. The fraction of sp³-hybridized carbons (Fsp3) is 0.500. The number of halogens is 1. The monoisotopic (exact) mass is 429 g/mol. The first-order chi connectivity index (χ1) is 14.3. The molecular formula is C24H32ClN3O2. The number of carbonyl (C=O) groups is 2. The van der Waals surface area contributed by atoms with Crippen molar-refractivity contribution in [1.29, 1.82) is 0 Å². The Kier molecular flexibility index (Phi) is 7.73. The normalized spacial score (nSPS) is 17.2. The van der Waals surface area contributed by atoms with Crippen LogP contribution in [0.2, 0.25) is 5.02 Å². The first-order valence-corrected chi connectivity index (χ1v) is 11.2. The number of aromatic nitrogens is 1. The lowest BCUT2D eigenvalue weighted by Gasteiger charge is -2.32. The summed E-state index contributed by atoms with van der Waals surface area (Å²) in [6, 6.07) is 9.95. The van der Waals surface area contributed by atoms with Crippen LogP contribution in [0, 0.1) is 19.8 Å². The molecule has 2 N–H and O–H groups in total. The number of benzene rings is 1. The number of hydrogen-bond donors (Lipinski definition) is 1. The maximum absolute atomic E-state index is 13.0. The predicted molar refractivity (Wildman–Crippen MR) is 121 cm³/mol. The van der Waals surface area contributed by atoms with E-state index in [0.717, 1.165) is 67.3 Å². The summed E-state index contributed by atoms with van der Waals surface area (Å²) in [6.07, 6.45) is 4.32. The Hall–Kier alpha value is -2.11. The molecule has 6 heteroatoms. The fourth-order valence-electron chi connectivity index (χ4n) is 4.48. The number of hydrogen-bond acceptors (Lipinski definition) is 3. The highest BCUT2D eigenvalue weighted by molar-refractivity contribution is 6.30. The van der Waals surface area contributed by atoms with Crippen LogP contribution in [0.1, 0.15) is 53.0 Å². The van der Waals surface area contributed by atoms with Gasteiger partial charge in [0, 0.05) is 41.5 Å². The number of carbonyl (C=O) groups excluding carboxylic acids is 2. The molecule has 3 rings (SSSR count). The van der Waals surface area contributed by atoms with Gasteiger partial charge in [-0.1, -0.05) is 23.7 Å². The lowest BCUT2D eigenvalue weighted by Crippen LogP contribution is -2.39. The maximum atomic E-state index is 13.0. The Morgan fingerprint density at radius 1 is 1.20 bits per heavy atom. The van der Waals surface area contributed by atoms with Gasteiger partial charge in [-0.25, -0.2) is 0 Å². The van der Waals surface area contributed by atoms with Gasteiger partial charge in [-0.2, -0.15) is 0 Å². The van der Waals surface area contributed by atoms with Crippen LogP contribution < -0.4 is 5.73 Å². The maximum Gasteiger partial charge on any atom is 0.217 e. The van der Waals surface area contributed by atoms with Crippen molar-refractivity contribution in [2.24, 2.45) is 11.7 Å². The highest BCUT2D eigenvalue weighted by Crippen LogP contribution is 2.23. The molecule has 1 fully saturated rings. The van der Waals surface area contributed by atoms with Gasteiger partial charge in [-0.3, -0.25) is 14.5 Å². The van der Waals surface area contributed by atoms with E-state index in [0.29, 0.717) is 18.9 Å². The molecule has 0 spiro atoms. The summed E-state index contributed by atoms with van der Waals surface area (Å²) < 4.78 is 2.23. The van der Waals surface area contributed by atoms with Crippen LogP contribution in [-0.4, -0.2) is 40.8 Å². The van der Waals surface area contributed by atoms with Crippen LogP contribution >= 0.6 is 11.6 Å². The van der Waals surface area contributed by atoms with Gasteiger partial charge in [0.15, 0.2) is 5.78 Å². The molecule has 2 aromatic rings. The standard InChI is InChI=1S/C24H32ClN3O2/c1-17-14-22(18(2)28(17)13-11-19-5-8-21(25)9-6-19)23(29)16-27-12-3-4-20(15-27)7-10-24(26)30/h5-6,8-9,14,20H,3-4,7,10-13,15-16H2,1-2H3,(H2,26,30). The summed E-state index contributed by atoms with van der Waals surface area (Å²) in [7, 11) is 0. The molecule has 1 amide bonds. The number of rotatable bonds is 9. The van der Waals surface area contributed by atoms with Crippen molar-refractivity contribution >= 4 is 23.3 Å². The molecule has 1 aromatic heterocycles. The van der Waals surface area contributed by atoms with E-state index < -0.39 is 0 Å². The quantitative estimate of drug-likeness (QED) is 0.608. The molecule has 0 radical (unpaired) electrons. The summed E-state index contributed by atoms with van der Waals surface area (Å²) in [4.78, 5) is 26.3. The third kappa shape index (κ3) is 5.96. The van der Waals surface area contributed by atoms with E-state index in [1.165, 1.54) is 5.56 Å². The number of piperidine rings is 1. The van der Waals surface area contributed by atoms with E-state index in [9.17, 15) is 9.59 Å². The Morgan fingerprint density at radius 3 is 2.63 bits per heavy atom. The van der Waals surface area contributed by atoms with E-state index in [1.807, 2.05) is 37.3 Å². The second kappa shape index (κ2) is 10.3. The number of likely N-dealkylation sites (tertiary alicyclic amines) is 1. The van der Waals surface area contributed by atoms with Gasteiger partial charge in [0.25, 0.3) is 0 Å². The molecular weight excluding hydrogens is 398 g/mol.